The van der Waals surface area contributed by atoms with Gasteiger partial charge in [-0.15, -0.1) is 11.8 Å². The zero-order valence-corrected chi connectivity index (χ0v) is 15.0. The maximum Gasteiger partial charge on any atom is 0.233 e. The molecule has 1 amide bonds. The average molecular weight is 341 g/mol. The highest BCUT2D eigenvalue weighted by molar-refractivity contribution is 7.99. The summed E-state index contributed by atoms with van der Waals surface area (Å²) >= 11 is 1.67. The molecule has 0 saturated heterocycles. The summed E-state index contributed by atoms with van der Waals surface area (Å²) < 4.78 is 0. The first-order valence-corrected chi connectivity index (χ1v) is 9.36. The number of hydrogen-bond acceptors (Lipinski definition) is 4. The number of amides is 1. The molecule has 1 aromatic heterocycles. The summed E-state index contributed by atoms with van der Waals surface area (Å²) in [6, 6.07) is 12.6. The highest BCUT2D eigenvalue weighted by Crippen LogP contribution is 2.26. The van der Waals surface area contributed by atoms with Crippen LogP contribution in [-0.4, -0.2) is 41.2 Å². The molecule has 0 aliphatic carbocycles. The summed E-state index contributed by atoms with van der Waals surface area (Å²) in [4.78, 5) is 21.0. The summed E-state index contributed by atoms with van der Waals surface area (Å²) in [6.07, 6.45) is 3.59. The van der Waals surface area contributed by atoms with Crippen molar-refractivity contribution in [1.82, 2.24) is 9.88 Å². The van der Waals surface area contributed by atoms with Crippen molar-refractivity contribution in [2.75, 3.05) is 24.2 Å². The van der Waals surface area contributed by atoms with Crippen LogP contribution in [0.3, 0.4) is 0 Å². The number of rotatable bonds is 4. The summed E-state index contributed by atoms with van der Waals surface area (Å²) in [6.45, 7) is 3.68. The maximum atomic E-state index is 12.7. The van der Waals surface area contributed by atoms with E-state index in [0.717, 1.165) is 12.3 Å². The zero-order valence-electron chi connectivity index (χ0n) is 14.2. The van der Waals surface area contributed by atoms with Crippen LogP contribution in [0, 0.1) is 0 Å². The zero-order chi connectivity index (χ0) is 16.9. The fourth-order valence-corrected chi connectivity index (χ4v) is 3.97. The van der Waals surface area contributed by atoms with Crippen molar-refractivity contribution in [3.05, 3.63) is 59.9 Å². The van der Waals surface area contributed by atoms with Crippen molar-refractivity contribution in [3.63, 3.8) is 0 Å². The fraction of sp³-hybridized carbons (Fsp3) is 0.368. The Hall–Kier alpha value is -2.01. The van der Waals surface area contributed by atoms with Crippen molar-refractivity contribution < 1.29 is 4.79 Å². The van der Waals surface area contributed by atoms with Crippen LogP contribution in [-0.2, 0) is 17.1 Å². The second kappa shape index (κ2) is 7.71. The smallest absolute Gasteiger partial charge is 0.233 e. The van der Waals surface area contributed by atoms with E-state index in [9.17, 15) is 4.79 Å². The minimum atomic E-state index is 0.205. The number of likely N-dealkylation sites (N-methyl/N-ethyl adjacent to an activating group) is 1. The van der Waals surface area contributed by atoms with E-state index >= 15 is 0 Å². The third-order valence-electron chi connectivity index (χ3n) is 4.38. The van der Waals surface area contributed by atoms with Gasteiger partial charge in [0.05, 0.1) is 5.75 Å². The van der Waals surface area contributed by atoms with E-state index in [1.165, 1.54) is 16.8 Å². The number of nitrogens with zero attached hydrogens (tertiary/aromatic N) is 3. The molecule has 1 aromatic carbocycles. The lowest BCUT2D eigenvalue weighted by Gasteiger charge is -2.28. The predicted octanol–water partition coefficient (Wildman–Crippen LogP) is 3.18. The van der Waals surface area contributed by atoms with Gasteiger partial charge < -0.3 is 9.80 Å². The third kappa shape index (κ3) is 3.90. The molecule has 0 N–H and O–H groups in total. The first-order chi connectivity index (χ1) is 11.6. The Morgan fingerprint density at radius 3 is 2.79 bits per heavy atom. The Balaban J connectivity index is 1.63. The number of carbonyl (C=O) groups excluding carboxylic acids is 1. The molecule has 1 aliphatic rings. The Bertz CT molecular complexity index is 692. The summed E-state index contributed by atoms with van der Waals surface area (Å²) in [5, 5.41) is 0. The van der Waals surface area contributed by atoms with Crippen molar-refractivity contribution in [3.8, 4) is 0 Å². The van der Waals surface area contributed by atoms with Gasteiger partial charge in [0.1, 0.15) is 0 Å². The predicted molar refractivity (Wildman–Crippen MR) is 100 cm³/mol. The molecule has 1 aliphatic heterocycles. The van der Waals surface area contributed by atoms with Gasteiger partial charge in [0.25, 0.3) is 0 Å². The molecule has 1 atom stereocenters. The monoisotopic (exact) mass is 341 g/mol. The first-order valence-electron chi connectivity index (χ1n) is 8.20. The van der Waals surface area contributed by atoms with Crippen LogP contribution < -0.4 is 4.90 Å². The Morgan fingerprint density at radius 2 is 2.00 bits per heavy atom. The van der Waals surface area contributed by atoms with E-state index in [4.69, 9.17) is 0 Å². The SMILES string of the molecule is C[C@@H]1CN(C)c2ccccc2CN1C(=O)CSCc1ccncc1. The van der Waals surface area contributed by atoms with Crippen LogP contribution in [0.4, 0.5) is 5.69 Å². The maximum absolute atomic E-state index is 12.7. The largest absolute Gasteiger partial charge is 0.372 e. The van der Waals surface area contributed by atoms with Gasteiger partial charge in [0.2, 0.25) is 5.91 Å². The second-order valence-electron chi connectivity index (χ2n) is 6.23. The highest BCUT2D eigenvalue weighted by Gasteiger charge is 2.26. The number of para-hydroxylation sites is 1. The van der Waals surface area contributed by atoms with Crippen LogP contribution in [0.2, 0.25) is 0 Å². The second-order valence-corrected chi connectivity index (χ2v) is 7.21. The lowest BCUT2D eigenvalue weighted by atomic mass is 10.1. The molecule has 0 spiro atoms. The van der Waals surface area contributed by atoms with Gasteiger partial charge in [-0.05, 0) is 36.2 Å². The molecule has 0 unspecified atom stereocenters. The van der Waals surface area contributed by atoms with E-state index in [-0.39, 0.29) is 11.9 Å². The summed E-state index contributed by atoms with van der Waals surface area (Å²) in [5.41, 5.74) is 3.65. The van der Waals surface area contributed by atoms with Crippen LogP contribution in [0.25, 0.3) is 0 Å². The lowest BCUT2D eigenvalue weighted by Crippen LogP contribution is -2.42. The number of aromatic nitrogens is 1. The van der Waals surface area contributed by atoms with E-state index in [0.29, 0.717) is 12.3 Å². The number of anilines is 1. The van der Waals surface area contributed by atoms with Crippen molar-refractivity contribution in [2.24, 2.45) is 0 Å². The molecular formula is C19H23N3OS. The Kier molecular flexibility index (Phi) is 5.41. The molecule has 0 radical (unpaired) electrons. The standard InChI is InChI=1S/C19H23N3OS/c1-15-11-21(2)18-6-4-3-5-17(18)12-22(15)19(23)14-24-13-16-7-9-20-10-8-16/h3-10,15H,11-14H2,1-2H3/t15-/m1/s1. The first kappa shape index (κ1) is 16.8. The van der Waals surface area contributed by atoms with Gasteiger partial charge in [-0.2, -0.15) is 0 Å². The number of hydrogen-bond donors (Lipinski definition) is 0. The minimum absolute atomic E-state index is 0.205. The van der Waals surface area contributed by atoms with E-state index < -0.39 is 0 Å². The number of fused-ring (bicyclic) bond motifs is 1. The Morgan fingerprint density at radius 1 is 1.25 bits per heavy atom. The lowest BCUT2D eigenvalue weighted by molar-refractivity contribution is -0.130. The molecule has 0 bridgehead atoms. The molecule has 4 nitrogen and oxygen atoms in total. The third-order valence-corrected chi connectivity index (χ3v) is 5.37. The van der Waals surface area contributed by atoms with Gasteiger partial charge in [0.15, 0.2) is 0 Å². The van der Waals surface area contributed by atoms with Gasteiger partial charge in [0, 0.05) is 50.0 Å². The average Bonchev–Trinajstić information content (AvgIpc) is 2.72. The summed E-state index contributed by atoms with van der Waals surface area (Å²) in [5.74, 6) is 1.57. The van der Waals surface area contributed by atoms with Crippen molar-refractivity contribution in [1.29, 1.82) is 0 Å². The van der Waals surface area contributed by atoms with Crippen molar-refractivity contribution >= 4 is 23.4 Å². The van der Waals surface area contributed by atoms with Gasteiger partial charge in [-0.1, -0.05) is 18.2 Å². The highest BCUT2D eigenvalue weighted by atomic mass is 32.2. The van der Waals surface area contributed by atoms with E-state index in [2.05, 4.69) is 42.1 Å². The van der Waals surface area contributed by atoms with Crippen LogP contribution in [0.15, 0.2) is 48.8 Å². The van der Waals surface area contributed by atoms with Gasteiger partial charge >= 0.3 is 0 Å². The molecule has 5 heteroatoms. The van der Waals surface area contributed by atoms with Crippen LogP contribution in [0.5, 0.6) is 0 Å². The minimum Gasteiger partial charge on any atom is -0.372 e. The molecule has 2 aromatic rings. The van der Waals surface area contributed by atoms with Gasteiger partial charge in [-0.25, -0.2) is 0 Å². The topological polar surface area (TPSA) is 36.4 Å². The number of benzene rings is 1. The van der Waals surface area contributed by atoms with E-state index in [1.807, 2.05) is 23.1 Å². The summed E-state index contributed by atoms with van der Waals surface area (Å²) in [7, 11) is 2.10. The fourth-order valence-electron chi connectivity index (χ4n) is 3.10. The molecule has 126 valence electrons. The molecule has 0 saturated carbocycles. The molecular weight excluding hydrogens is 318 g/mol. The van der Waals surface area contributed by atoms with Crippen LogP contribution in [0.1, 0.15) is 18.1 Å². The number of carbonyl (C=O) groups is 1. The van der Waals surface area contributed by atoms with Crippen LogP contribution >= 0.6 is 11.8 Å². The van der Waals surface area contributed by atoms with Gasteiger partial charge in [-0.3, -0.25) is 9.78 Å². The molecule has 2 heterocycles. The number of pyridine rings is 1. The molecule has 0 fully saturated rings. The molecule has 24 heavy (non-hydrogen) atoms. The number of thioether (sulfide) groups is 1. The van der Waals surface area contributed by atoms with Crippen molar-refractivity contribution in [2.45, 2.75) is 25.3 Å². The molecule has 3 rings (SSSR count). The van der Waals surface area contributed by atoms with E-state index in [1.54, 1.807) is 24.2 Å². The Labute approximate surface area is 147 Å². The quantitative estimate of drug-likeness (QED) is 0.856. The normalized spacial score (nSPS) is 17.3.